The summed E-state index contributed by atoms with van der Waals surface area (Å²) in [6.45, 7) is 8.47. The standard InChI is InChI=1S/C11H21O6P/c1-10(2,3)7(12)14-9(16-17-18)15-8(13)11(4,5)6/h9H,18H2,1-6H3. The molecule has 0 saturated carbocycles. The first-order chi connectivity index (χ1) is 7.98. The van der Waals surface area contributed by atoms with Crippen LogP contribution in [0, 0.1) is 10.8 Å². The minimum atomic E-state index is -1.53. The normalized spacial score (nSPS) is 12.4. The molecule has 1 unspecified atom stereocenters. The minimum absolute atomic E-state index is 0.573. The van der Waals surface area contributed by atoms with Gasteiger partial charge in [-0.2, -0.15) is 0 Å². The van der Waals surface area contributed by atoms with Gasteiger partial charge >= 0.3 is 18.4 Å². The lowest BCUT2D eigenvalue weighted by molar-refractivity contribution is -0.377. The third-order valence-corrected chi connectivity index (χ3v) is 1.88. The highest BCUT2D eigenvalue weighted by atomic mass is 31.0. The first-order valence-corrected chi connectivity index (χ1v) is 5.90. The molecule has 0 aliphatic rings. The topological polar surface area (TPSA) is 71.1 Å². The van der Waals surface area contributed by atoms with Gasteiger partial charge in [0.25, 0.3) is 0 Å². The molecule has 0 aromatic rings. The number of carbonyl (C=O) groups is 2. The predicted octanol–water partition coefficient (Wildman–Crippen LogP) is 2.19. The SMILES string of the molecule is CC(C)(C)C(=O)OC(OOP)OC(=O)C(C)(C)C. The Morgan fingerprint density at radius 1 is 0.889 bits per heavy atom. The summed E-state index contributed by atoms with van der Waals surface area (Å²) in [5.74, 6) is -1.15. The van der Waals surface area contributed by atoms with Crippen molar-refractivity contribution in [2.75, 3.05) is 0 Å². The molecule has 1 atom stereocenters. The fourth-order valence-corrected chi connectivity index (χ4v) is 0.728. The Morgan fingerprint density at radius 2 is 1.22 bits per heavy atom. The van der Waals surface area contributed by atoms with E-state index in [9.17, 15) is 9.59 Å². The summed E-state index contributed by atoms with van der Waals surface area (Å²) >= 11 is 0. The number of hydrogen-bond donors (Lipinski definition) is 0. The van der Waals surface area contributed by atoms with Crippen LogP contribution < -0.4 is 0 Å². The predicted molar refractivity (Wildman–Crippen MR) is 66.8 cm³/mol. The van der Waals surface area contributed by atoms with Crippen LogP contribution in [-0.4, -0.2) is 18.4 Å². The Hall–Kier alpha value is -0.710. The molecule has 0 aliphatic carbocycles. The molecule has 0 radical (unpaired) electrons. The van der Waals surface area contributed by atoms with Crippen molar-refractivity contribution in [3.05, 3.63) is 0 Å². The summed E-state index contributed by atoms with van der Waals surface area (Å²) in [5.41, 5.74) is -1.48. The minimum Gasteiger partial charge on any atom is -0.398 e. The molecule has 0 fully saturated rings. The third-order valence-electron chi connectivity index (χ3n) is 1.77. The van der Waals surface area contributed by atoms with Crippen molar-refractivity contribution >= 4 is 21.4 Å². The van der Waals surface area contributed by atoms with Crippen molar-refractivity contribution in [1.82, 2.24) is 0 Å². The molecule has 0 aliphatic heterocycles. The van der Waals surface area contributed by atoms with Crippen LogP contribution >= 0.6 is 9.47 Å². The first-order valence-electron chi connectivity index (χ1n) is 5.43. The maximum absolute atomic E-state index is 11.6. The second kappa shape index (κ2) is 6.45. The zero-order valence-electron chi connectivity index (χ0n) is 11.6. The molecule has 7 heteroatoms. The number of hydrogen-bond acceptors (Lipinski definition) is 6. The van der Waals surface area contributed by atoms with Crippen LogP contribution in [0.15, 0.2) is 0 Å². The quantitative estimate of drug-likeness (QED) is 0.258. The van der Waals surface area contributed by atoms with Crippen molar-refractivity contribution in [3.8, 4) is 0 Å². The van der Waals surface area contributed by atoms with Crippen molar-refractivity contribution < 1.29 is 28.6 Å². The highest BCUT2D eigenvalue weighted by Crippen LogP contribution is 2.20. The lowest BCUT2D eigenvalue weighted by Crippen LogP contribution is -2.35. The Morgan fingerprint density at radius 3 is 1.44 bits per heavy atom. The van der Waals surface area contributed by atoms with Gasteiger partial charge in [-0.15, -0.1) is 4.89 Å². The van der Waals surface area contributed by atoms with Crippen LogP contribution in [0.5, 0.6) is 0 Å². The Bertz CT molecular complexity index is 274. The molecule has 18 heavy (non-hydrogen) atoms. The summed E-state index contributed by atoms with van der Waals surface area (Å²) in [7, 11) is 1.80. The zero-order valence-corrected chi connectivity index (χ0v) is 12.8. The van der Waals surface area contributed by atoms with E-state index in [-0.39, 0.29) is 0 Å². The van der Waals surface area contributed by atoms with E-state index in [1.54, 1.807) is 51.0 Å². The van der Waals surface area contributed by atoms with Crippen LogP contribution in [0.3, 0.4) is 0 Å². The van der Waals surface area contributed by atoms with Gasteiger partial charge in [0.2, 0.25) is 0 Å². The third kappa shape index (κ3) is 6.28. The van der Waals surface area contributed by atoms with Crippen LogP contribution in [-0.2, 0) is 28.6 Å². The van der Waals surface area contributed by atoms with E-state index in [4.69, 9.17) is 9.47 Å². The number of carbonyl (C=O) groups excluding carboxylic acids is 2. The molecular formula is C11H21O6P. The van der Waals surface area contributed by atoms with Crippen molar-refractivity contribution in [2.24, 2.45) is 10.8 Å². The second-order valence-electron chi connectivity index (χ2n) is 5.79. The lowest BCUT2D eigenvalue weighted by Gasteiger charge is -2.24. The number of esters is 2. The summed E-state index contributed by atoms with van der Waals surface area (Å²) in [4.78, 5) is 27.8. The van der Waals surface area contributed by atoms with Gasteiger partial charge in [0, 0.05) is 9.47 Å². The van der Waals surface area contributed by atoms with Crippen molar-refractivity contribution in [1.29, 1.82) is 0 Å². The molecule has 106 valence electrons. The van der Waals surface area contributed by atoms with E-state index in [0.29, 0.717) is 0 Å². The average molecular weight is 280 g/mol. The summed E-state index contributed by atoms with van der Waals surface area (Å²) in [6.07, 6.45) is 0. The number of rotatable bonds is 4. The lowest BCUT2D eigenvalue weighted by atomic mass is 9.97. The molecule has 0 saturated heterocycles. The van der Waals surface area contributed by atoms with Gasteiger partial charge < -0.3 is 9.47 Å². The van der Waals surface area contributed by atoms with Gasteiger partial charge in [-0.25, -0.2) is 4.67 Å². The molecular weight excluding hydrogens is 259 g/mol. The molecule has 6 nitrogen and oxygen atoms in total. The fraction of sp³-hybridized carbons (Fsp3) is 0.818. The summed E-state index contributed by atoms with van der Waals surface area (Å²) in [5, 5.41) is 0. The van der Waals surface area contributed by atoms with Crippen LogP contribution in [0.1, 0.15) is 41.5 Å². The van der Waals surface area contributed by atoms with E-state index in [2.05, 4.69) is 9.56 Å². The smallest absolute Gasteiger partial charge is 0.392 e. The highest BCUT2D eigenvalue weighted by molar-refractivity contribution is 7.09. The molecule has 0 bridgehead atoms. The zero-order chi connectivity index (χ0) is 14.6. The maximum atomic E-state index is 11.6. The van der Waals surface area contributed by atoms with Crippen LogP contribution in [0.25, 0.3) is 0 Å². The van der Waals surface area contributed by atoms with Gasteiger partial charge in [0.1, 0.15) is 0 Å². The highest BCUT2D eigenvalue weighted by Gasteiger charge is 2.32. The monoisotopic (exact) mass is 280 g/mol. The Kier molecular flexibility index (Phi) is 6.20. The van der Waals surface area contributed by atoms with Gasteiger partial charge in [0.15, 0.2) is 0 Å². The Balaban J connectivity index is 4.59. The first kappa shape index (κ1) is 17.3. The van der Waals surface area contributed by atoms with E-state index < -0.39 is 29.2 Å². The molecule has 0 heterocycles. The largest absolute Gasteiger partial charge is 0.398 e. The van der Waals surface area contributed by atoms with Gasteiger partial charge in [-0.3, -0.25) is 9.59 Å². The van der Waals surface area contributed by atoms with E-state index in [0.717, 1.165) is 0 Å². The van der Waals surface area contributed by atoms with E-state index >= 15 is 0 Å². The molecule has 0 aromatic carbocycles. The molecule has 0 rings (SSSR count). The van der Waals surface area contributed by atoms with Gasteiger partial charge in [-0.05, 0) is 41.5 Å². The maximum Gasteiger partial charge on any atom is 0.392 e. The van der Waals surface area contributed by atoms with E-state index in [1.807, 2.05) is 0 Å². The molecule has 0 spiro atoms. The summed E-state index contributed by atoms with van der Waals surface area (Å²) in [6, 6.07) is 0. The number of ether oxygens (including phenoxy) is 2. The molecule has 0 amide bonds. The van der Waals surface area contributed by atoms with Gasteiger partial charge in [-0.1, -0.05) is 0 Å². The van der Waals surface area contributed by atoms with Crippen LogP contribution in [0.4, 0.5) is 0 Å². The summed E-state index contributed by atoms with van der Waals surface area (Å²) < 4.78 is 14.1. The van der Waals surface area contributed by atoms with Crippen molar-refractivity contribution in [3.63, 3.8) is 0 Å². The van der Waals surface area contributed by atoms with Gasteiger partial charge in [0.05, 0.1) is 10.8 Å². The fourth-order valence-electron chi connectivity index (χ4n) is 0.637. The van der Waals surface area contributed by atoms with Crippen LogP contribution in [0.2, 0.25) is 0 Å². The van der Waals surface area contributed by atoms with E-state index in [1.165, 1.54) is 0 Å². The second-order valence-corrected chi connectivity index (χ2v) is 5.98. The van der Waals surface area contributed by atoms with Crippen molar-refractivity contribution in [2.45, 2.75) is 48.0 Å². The molecule has 0 N–H and O–H groups in total. The average Bonchev–Trinajstić information content (AvgIpc) is 2.14. The Labute approximate surface area is 110 Å². The molecule has 0 aromatic heterocycles.